The van der Waals surface area contributed by atoms with Gasteiger partial charge in [0.2, 0.25) is 5.91 Å². The second kappa shape index (κ2) is 10.4. The molecule has 0 radical (unpaired) electrons. The lowest BCUT2D eigenvalue weighted by Crippen LogP contribution is -2.35. The van der Waals surface area contributed by atoms with Gasteiger partial charge < -0.3 is 14.8 Å². The van der Waals surface area contributed by atoms with Crippen LogP contribution in [0.5, 0.6) is 11.5 Å². The molecule has 0 aromatic heterocycles. The highest BCUT2D eigenvalue weighted by Gasteiger charge is 2.21. The van der Waals surface area contributed by atoms with E-state index < -0.39 is 11.6 Å². The maximum Gasteiger partial charge on any atom is 0.224 e. The number of anilines is 1. The molecular formula is C23H28F2N2O3. The summed E-state index contributed by atoms with van der Waals surface area (Å²) in [4.78, 5) is 14.6. The molecule has 0 aliphatic carbocycles. The predicted molar refractivity (Wildman–Crippen MR) is 112 cm³/mol. The number of nitrogens with one attached hydrogen (secondary N) is 1. The van der Waals surface area contributed by atoms with E-state index in [-0.39, 0.29) is 5.91 Å². The van der Waals surface area contributed by atoms with Gasteiger partial charge in [0.15, 0.2) is 0 Å². The number of hydrogen-bond acceptors (Lipinski definition) is 4. The van der Waals surface area contributed by atoms with Crippen LogP contribution < -0.4 is 14.8 Å². The Kier molecular flexibility index (Phi) is 7.63. The molecule has 0 bridgehead atoms. The Morgan fingerprint density at radius 3 is 2.37 bits per heavy atom. The van der Waals surface area contributed by atoms with Crippen molar-refractivity contribution in [2.45, 2.75) is 32.2 Å². The fourth-order valence-electron chi connectivity index (χ4n) is 3.93. The minimum Gasteiger partial charge on any atom is -0.497 e. The molecule has 3 rings (SSSR count). The summed E-state index contributed by atoms with van der Waals surface area (Å²) >= 11 is 0. The van der Waals surface area contributed by atoms with Gasteiger partial charge in [-0.15, -0.1) is 0 Å². The molecule has 7 heteroatoms. The van der Waals surface area contributed by atoms with Gasteiger partial charge in [-0.1, -0.05) is 0 Å². The number of likely N-dealkylation sites (tertiary alicyclic amines) is 1. The molecule has 1 fully saturated rings. The number of halogens is 2. The minimum absolute atomic E-state index is 0.0605. The Balaban J connectivity index is 1.50. The molecule has 2 aromatic carbocycles. The van der Waals surface area contributed by atoms with Crippen LogP contribution in [0.3, 0.4) is 0 Å². The Morgan fingerprint density at radius 2 is 1.73 bits per heavy atom. The third-order valence-corrected chi connectivity index (χ3v) is 5.35. The molecule has 5 nitrogen and oxygen atoms in total. The van der Waals surface area contributed by atoms with Gasteiger partial charge >= 0.3 is 0 Å². The number of amides is 1. The number of nitrogens with zero attached hydrogens (tertiary/aromatic N) is 1. The van der Waals surface area contributed by atoms with E-state index in [1.54, 1.807) is 32.4 Å². The molecule has 162 valence electrons. The van der Waals surface area contributed by atoms with Gasteiger partial charge in [-0.25, -0.2) is 8.78 Å². The first-order valence-corrected chi connectivity index (χ1v) is 10.2. The Labute approximate surface area is 176 Å². The average molecular weight is 418 g/mol. The van der Waals surface area contributed by atoms with E-state index >= 15 is 0 Å². The van der Waals surface area contributed by atoms with Crippen LogP contribution in [0.1, 0.15) is 31.2 Å². The van der Waals surface area contributed by atoms with Gasteiger partial charge in [-0.05, 0) is 49.4 Å². The van der Waals surface area contributed by atoms with Crippen molar-refractivity contribution in [2.24, 2.45) is 5.92 Å². The van der Waals surface area contributed by atoms with Crippen molar-refractivity contribution in [1.82, 2.24) is 4.90 Å². The van der Waals surface area contributed by atoms with E-state index in [1.807, 2.05) is 0 Å². The van der Waals surface area contributed by atoms with E-state index in [1.165, 1.54) is 12.1 Å². The van der Waals surface area contributed by atoms with Gasteiger partial charge in [0.25, 0.3) is 0 Å². The van der Waals surface area contributed by atoms with Crippen LogP contribution in [0.4, 0.5) is 14.5 Å². The number of benzene rings is 2. The van der Waals surface area contributed by atoms with Crippen LogP contribution in [0, 0.1) is 17.6 Å². The summed E-state index contributed by atoms with van der Waals surface area (Å²) in [5, 5.41) is 2.90. The summed E-state index contributed by atoms with van der Waals surface area (Å²) in [6.45, 7) is 2.23. The van der Waals surface area contributed by atoms with E-state index in [4.69, 9.17) is 9.47 Å². The lowest BCUT2D eigenvalue weighted by atomic mass is 9.93. The molecule has 1 aliphatic heterocycles. The van der Waals surface area contributed by atoms with Crippen LogP contribution in [-0.2, 0) is 11.3 Å². The lowest BCUT2D eigenvalue weighted by molar-refractivity contribution is -0.116. The van der Waals surface area contributed by atoms with Gasteiger partial charge in [-0.3, -0.25) is 9.69 Å². The minimum atomic E-state index is -0.551. The monoisotopic (exact) mass is 418 g/mol. The normalized spacial score (nSPS) is 16.9. The molecule has 1 heterocycles. The molecule has 0 unspecified atom stereocenters. The predicted octanol–water partition coefficient (Wildman–Crippen LogP) is 4.61. The van der Waals surface area contributed by atoms with Crippen molar-refractivity contribution >= 4 is 11.6 Å². The van der Waals surface area contributed by atoms with Crippen molar-refractivity contribution in [3.05, 3.63) is 53.6 Å². The van der Waals surface area contributed by atoms with Gasteiger partial charge in [0.05, 0.1) is 14.2 Å². The summed E-state index contributed by atoms with van der Waals surface area (Å²) in [5.41, 5.74) is 1.27. The van der Waals surface area contributed by atoms with Crippen molar-refractivity contribution < 1.29 is 23.0 Å². The van der Waals surface area contributed by atoms with Crippen LogP contribution >= 0.6 is 0 Å². The number of rotatable bonds is 8. The highest BCUT2D eigenvalue weighted by Crippen LogP contribution is 2.27. The lowest BCUT2D eigenvalue weighted by Gasteiger charge is -2.32. The maximum atomic E-state index is 13.4. The molecule has 1 aliphatic rings. The van der Waals surface area contributed by atoms with Crippen molar-refractivity contribution in [3.63, 3.8) is 0 Å². The van der Waals surface area contributed by atoms with Crippen LogP contribution in [0.2, 0.25) is 0 Å². The van der Waals surface area contributed by atoms with Gasteiger partial charge in [-0.2, -0.15) is 0 Å². The quantitative estimate of drug-likeness (QED) is 0.680. The van der Waals surface area contributed by atoms with Crippen molar-refractivity contribution in [2.75, 3.05) is 32.6 Å². The van der Waals surface area contributed by atoms with Gasteiger partial charge in [0, 0.05) is 49.5 Å². The summed E-state index contributed by atoms with van der Waals surface area (Å²) in [6, 6.07) is 8.89. The number of hydrogen-bond donors (Lipinski definition) is 1. The highest BCUT2D eigenvalue weighted by molar-refractivity contribution is 5.91. The van der Waals surface area contributed by atoms with Crippen LogP contribution in [-0.4, -0.2) is 38.1 Å². The largest absolute Gasteiger partial charge is 0.497 e. The maximum absolute atomic E-state index is 13.4. The molecule has 1 N–H and O–H groups in total. The first-order chi connectivity index (χ1) is 14.4. The molecule has 0 spiro atoms. The van der Waals surface area contributed by atoms with Crippen LogP contribution in [0.25, 0.3) is 0 Å². The Morgan fingerprint density at radius 1 is 1.07 bits per heavy atom. The third-order valence-electron chi connectivity index (χ3n) is 5.35. The molecular weight excluding hydrogens is 390 g/mol. The standard InChI is InChI=1S/C23H28F2N2O3/c1-29-21-11-20(12-22(13-21)30-2)26-23(28)6-5-16-4-3-7-27(14-16)15-17-8-18(24)10-19(25)9-17/h8-13,16H,3-7,14-15H2,1-2H3,(H,26,28)/t16-/m1/s1. The van der Waals surface area contributed by atoms with Crippen molar-refractivity contribution in [3.8, 4) is 11.5 Å². The zero-order chi connectivity index (χ0) is 21.5. The van der Waals surface area contributed by atoms with Crippen molar-refractivity contribution in [1.29, 1.82) is 0 Å². The average Bonchev–Trinajstić information content (AvgIpc) is 2.71. The van der Waals surface area contributed by atoms with E-state index in [9.17, 15) is 13.6 Å². The van der Waals surface area contributed by atoms with Crippen LogP contribution in [0.15, 0.2) is 36.4 Å². The number of carbonyl (C=O) groups is 1. The number of methoxy groups -OCH3 is 2. The molecule has 30 heavy (non-hydrogen) atoms. The highest BCUT2D eigenvalue weighted by atomic mass is 19.1. The SMILES string of the molecule is COc1cc(NC(=O)CC[C@H]2CCCN(Cc3cc(F)cc(F)c3)C2)cc(OC)c1. The topological polar surface area (TPSA) is 50.8 Å². The first-order valence-electron chi connectivity index (χ1n) is 10.2. The molecule has 1 amide bonds. The Hall–Kier alpha value is -2.67. The van der Waals surface area contributed by atoms with E-state index in [0.717, 1.165) is 38.4 Å². The summed E-state index contributed by atoms with van der Waals surface area (Å²) < 4.78 is 37.3. The number of piperidine rings is 1. The fourth-order valence-corrected chi connectivity index (χ4v) is 3.93. The van der Waals surface area contributed by atoms with Gasteiger partial charge in [0.1, 0.15) is 23.1 Å². The third kappa shape index (κ3) is 6.42. The Bertz CT molecular complexity index is 833. The summed E-state index contributed by atoms with van der Waals surface area (Å²) in [7, 11) is 3.13. The summed E-state index contributed by atoms with van der Waals surface area (Å²) in [5.74, 6) is 0.439. The zero-order valence-corrected chi connectivity index (χ0v) is 17.4. The second-order valence-electron chi connectivity index (χ2n) is 7.71. The zero-order valence-electron chi connectivity index (χ0n) is 17.4. The fraction of sp³-hybridized carbons (Fsp3) is 0.435. The molecule has 2 aromatic rings. The number of carbonyl (C=O) groups excluding carboxylic acids is 1. The second-order valence-corrected chi connectivity index (χ2v) is 7.71. The molecule has 1 saturated heterocycles. The van der Waals surface area contributed by atoms with E-state index in [0.29, 0.717) is 41.6 Å². The van der Waals surface area contributed by atoms with E-state index in [2.05, 4.69) is 10.2 Å². The summed E-state index contributed by atoms with van der Waals surface area (Å²) in [6.07, 6.45) is 3.24. The first kappa shape index (κ1) is 22.0. The smallest absolute Gasteiger partial charge is 0.224 e. The number of ether oxygens (including phenoxy) is 2. The molecule has 0 saturated carbocycles. The molecule has 1 atom stereocenters.